The number of aliphatic carboxylic acids is 1. The molecule has 46 heavy (non-hydrogen) atoms. The summed E-state index contributed by atoms with van der Waals surface area (Å²) in [6.07, 6.45) is -3.76. The molecule has 1 atom stereocenters. The van der Waals surface area contributed by atoms with Crippen molar-refractivity contribution in [1.29, 1.82) is 0 Å². The van der Waals surface area contributed by atoms with Gasteiger partial charge in [-0.2, -0.15) is 13.2 Å². The van der Waals surface area contributed by atoms with E-state index in [1.54, 1.807) is 6.07 Å². The van der Waals surface area contributed by atoms with Gasteiger partial charge in [0.25, 0.3) is 0 Å². The molecule has 0 aliphatic heterocycles. The van der Waals surface area contributed by atoms with Crippen molar-refractivity contribution in [2.45, 2.75) is 77.4 Å². The van der Waals surface area contributed by atoms with E-state index in [4.69, 9.17) is 32.7 Å². The molecule has 0 radical (unpaired) electrons. The molecule has 3 aromatic carbocycles. The topological polar surface area (TPSA) is 55.8 Å². The fourth-order valence-electron chi connectivity index (χ4n) is 4.81. The van der Waals surface area contributed by atoms with Gasteiger partial charge in [-0.25, -0.2) is 4.79 Å². The minimum atomic E-state index is -4.40. The summed E-state index contributed by atoms with van der Waals surface area (Å²) >= 11 is 17.3. The second-order valence-corrected chi connectivity index (χ2v) is 15.6. The molecule has 0 bridgehead atoms. The first kappa shape index (κ1) is 36.5. The number of hydrogen-bond acceptors (Lipinski definition) is 4. The summed E-state index contributed by atoms with van der Waals surface area (Å²) in [4.78, 5) is 13.5. The largest absolute Gasteiger partial charge is 0.478 e. The van der Waals surface area contributed by atoms with Crippen molar-refractivity contribution >= 4 is 63.1 Å². The van der Waals surface area contributed by atoms with Gasteiger partial charge in [-0.1, -0.05) is 68.2 Å². The molecule has 1 heterocycles. The molecule has 0 saturated carbocycles. The van der Waals surface area contributed by atoms with E-state index in [0.29, 0.717) is 30.0 Å². The van der Waals surface area contributed by atoms with Crippen molar-refractivity contribution in [3.8, 4) is 16.2 Å². The third kappa shape index (κ3) is 8.98. The van der Waals surface area contributed by atoms with Crippen molar-refractivity contribution in [3.05, 3.63) is 107 Å². The number of carboxylic acids is 1. The van der Waals surface area contributed by atoms with Crippen LogP contribution < -0.4 is 4.74 Å². The van der Waals surface area contributed by atoms with Gasteiger partial charge < -0.3 is 14.6 Å². The lowest BCUT2D eigenvalue weighted by Crippen LogP contribution is -2.38. The number of carboxylic acid groups (broad SMARTS) is 1. The summed E-state index contributed by atoms with van der Waals surface area (Å²) in [5.41, 5.74) is 0.759. The number of benzene rings is 3. The summed E-state index contributed by atoms with van der Waals surface area (Å²) in [5, 5.41) is 10.0. The number of thiophene rings is 1. The summed E-state index contributed by atoms with van der Waals surface area (Å²) in [6.45, 7) is 9.33. The predicted octanol–water partition coefficient (Wildman–Crippen LogP) is 11.8. The highest BCUT2D eigenvalue weighted by atomic mass is 127. The summed E-state index contributed by atoms with van der Waals surface area (Å²) < 4.78 is 52.8. The molecule has 1 N–H and O–H groups in total. The Morgan fingerprint density at radius 3 is 2.13 bits per heavy atom. The second-order valence-electron chi connectivity index (χ2n) is 12.4. The summed E-state index contributed by atoms with van der Waals surface area (Å²) in [6, 6.07) is 18.8. The number of ether oxygens (including phenoxy) is 2. The molecule has 1 aromatic heterocycles. The van der Waals surface area contributed by atoms with Gasteiger partial charge >= 0.3 is 12.1 Å². The molecule has 4 rings (SSSR count). The van der Waals surface area contributed by atoms with Crippen LogP contribution in [0.1, 0.15) is 74.3 Å². The molecular formula is C35H34Cl2F3IO4S. The van der Waals surface area contributed by atoms with Crippen molar-refractivity contribution in [2.24, 2.45) is 0 Å². The van der Waals surface area contributed by atoms with Gasteiger partial charge in [-0.15, -0.1) is 11.3 Å². The van der Waals surface area contributed by atoms with Crippen molar-refractivity contribution in [3.63, 3.8) is 0 Å². The van der Waals surface area contributed by atoms with Crippen LogP contribution in [0, 0.1) is 3.57 Å². The molecule has 246 valence electrons. The summed E-state index contributed by atoms with van der Waals surface area (Å²) in [7, 11) is 0. The number of rotatable bonds is 11. The lowest BCUT2D eigenvalue weighted by atomic mass is 9.82. The quantitative estimate of drug-likeness (QED) is 0.153. The standard InChI is InChI=1S/C35H34Cl2F3IO4S/c1-33(2,3)25-18-27(45-34(4,5)32(42)43)31(37)30(36)24(25)14-15-26(44-19-20-6-12-23(41)13-7-20)29-17-16-28(46-29)21-8-10-22(11-9-21)35(38,39)40/h6-13,16-18,26H,14-15,19H2,1-5H3,(H,42,43). The molecule has 0 aliphatic carbocycles. The van der Waals surface area contributed by atoms with Crippen LogP contribution in [0.15, 0.2) is 66.7 Å². The zero-order valence-electron chi connectivity index (χ0n) is 25.9. The molecule has 4 aromatic rings. The maximum atomic E-state index is 13.1. The Kier molecular flexibility index (Phi) is 11.5. The van der Waals surface area contributed by atoms with Crippen molar-refractivity contribution in [2.75, 3.05) is 0 Å². The fraction of sp³-hybridized carbons (Fsp3) is 0.343. The maximum absolute atomic E-state index is 13.1. The van der Waals surface area contributed by atoms with Crippen LogP contribution in [0.3, 0.4) is 0 Å². The number of carbonyl (C=O) groups is 1. The molecule has 4 nitrogen and oxygen atoms in total. The average Bonchev–Trinajstić information content (AvgIpc) is 3.46. The Morgan fingerprint density at radius 2 is 1.57 bits per heavy atom. The van der Waals surface area contributed by atoms with Crippen LogP contribution in [0.5, 0.6) is 5.75 Å². The van der Waals surface area contributed by atoms with E-state index >= 15 is 0 Å². The summed E-state index contributed by atoms with van der Waals surface area (Å²) in [5.74, 6) is -0.945. The van der Waals surface area contributed by atoms with Gasteiger partial charge in [-0.05, 0) is 119 Å². The highest BCUT2D eigenvalue weighted by Gasteiger charge is 2.33. The SMILES string of the molecule is CC(C)(Oc1cc(C(C)(C)C)c(CCC(OCc2ccc(I)cc2)c2ccc(-c3ccc(C(F)(F)F)cc3)s2)c(Cl)c1Cl)C(=O)O. The average molecular weight is 806 g/mol. The van der Waals surface area contributed by atoms with Crippen LogP contribution >= 0.6 is 57.1 Å². The number of hydrogen-bond donors (Lipinski definition) is 1. The zero-order valence-corrected chi connectivity index (χ0v) is 30.4. The van der Waals surface area contributed by atoms with E-state index < -0.39 is 23.3 Å². The Hall–Kier alpha value is -2.31. The Balaban J connectivity index is 1.67. The highest BCUT2D eigenvalue weighted by molar-refractivity contribution is 14.1. The zero-order chi connectivity index (χ0) is 34.0. The Bertz CT molecular complexity index is 1680. The molecule has 0 spiro atoms. The van der Waals surface area contributed by atoms with Crippen molar-refractivity contribution < 1.29 is 32.5 Å². The van der Waals surface area contributed by atoms with Gasteiger partial charge in [0.15, 0.2) is 5.60 Å². The molecular weight excluding hydrogens is 771 g/mol. The highest BCUT2D eigenvalue weighted by Crippen LogP contribution is 2.44. The fourth-order valence-corrected chi connectivity index (χ4v) is 6.77. The van der Waals surface area contributed by atoms with E-state index in [1.807, 2.05) is 57.2 Å². The van der Waals surface area contributed by atoms with Crippen molar-refractivity contribution in [1.82, 2.24) is 0 Å². The maximum Gasteiger partial charge on any atom is 0.416 e. The van der Waals surface area contributed by atoms with Crippen LogP contribution in [0.25, 0.3) is 10.4 Å². The third-order valence-corrected chi connectivity index (χ3v) is 10.3. The second kappa shape index (κ2) is 14.4. The van der Waals surface area contributed by atoms with E-state index in [9.17, 15) is 23.1 Å². The lowest BCUT2D eigenvalue weighted by molar-refractivity contribution is -0.152. The smallest absolute Gasteiger partial charge is 0.416 e. The van der Waals surface area contributed by atoms with Crippen LogP contribution in [-0.2, 0) is 34.2 Å². The first-order valence-electron chi connectivity index (χ1n) is 14.4. The molecule has 0 aliphatic rings. The molecule has 0 saturated heterocycles. The van der Waals surface area contributed by atoms with Gasteiger partial charge in [0, 0.05) is 13.3 Å². The first-order valence-corrected chi connectivity index (χ1v) is 17.1. The van der Waals surface area contributed by atoms with E-state index in [0.717, 1.165) is 42.1 Å². The van der Waals surface area contributed by atoms with Gasteiger partial charge in [0.1, 0.15) is 10.8 Å². The van der Waals surface area contributed by atoms with Gasteiger partial charge in [0.05, 0.1) is 23.3 Å². The number of halogens is 6. The molecule has 0 fully saturated rings. The number of alkyl halides is 3. The predicted molar refractivity (Wildman–Crippen MR) is 187 cm³/mol. The normalized spacial score (nSPS) is 13.1. The Morgan fingerprint density at radius 1 is 0.935 bits per heavy atom. The third-order valence-electron chi connectivity index (χ3n) is 7.42. The van der Waals surface area contributed by atoms with Gasteiger partial charge in [-0.3, -0.25) is 0 Å². The van der Waals surface area contributed by atoms with Crippen LogP contribution in [0.4, 0.5) is 13.2 Å². The van der Waals surface area contributed by atoms with E-state index in [-0.39, 0.29) is 22.3 Å². The van der Waals surface area contributed by atoms with Gasteiger partial charge in [0.2, 0.25) is 0 Å². The lowest BCUT2D eigenvalue weighted by Gasteiger charge is -2.29. The van der Waals surface area contributed by atoms with E-state index in [2.05, 4.69) is 22.6 Å². The molecule has 0 amide bonds. The Labute approximate surface area is 295 Å². The minimum absolute atomic E-state index is 0.135. The van der Waals surface area contributed by atoms with Crippen LogP contribution in [-0.4, -0.2) is 16.7 Å². The minimum Gasteiger partial charge on any atom is -0.478 e. The van der Waals surface area contributed by atoms with E-state index in [1.165, 1.54) is 37.3 Å². The molecule has 1 unspecified atom stereocenters. The monoisotopic (exact) mass is 804 g/mol. The van der Waals surface area contributed by atoms with Crippen LogP contribution in [0.2, 0.25) is 10.0 Å². The first-order chi connectivity index (χ1) is 21.4. The molecule has 11 heteroatoms.